The first-order valence-corrected chi connectivity index (χ1v) is 10.1. The molecule has 32 heavy (non-hydrogen) atoms. The standard InChI is InChI=1S/C23H22F2N4O3/c1-32-23(31)21-12-16(13-28(21)14-18-19(24)4-2-5-20(18)25)27-22(30)15-6-8-17(9-7-15)29-11-3-10-26-29/h2-11,16,21H,12-14H2,1H3,(H,27,30)/t16-,21-/m0/s1. The van der Waals surface area contributed by atoms with E-state index in [0.717, 1.165) is 5.69 Å². The Labute approximate surface area is 183 Å². The topological polar surface area (TPSA) is 76.5 Å². The van der Waals surface area contributed by atoms with E-state index in [4.69, 9.17) is 4.74 Å². The van der Waals surface area contributed by atoms with Gasteiger partial charge < -0.3 is 10.1 Å². The second-order valence-corrected chi connectivity index (χ2v) is 7.57. The molecule has 7 nitrogen and oxygen atoms in total. The van der Waals surface area contributed by atoms with E-state index in [2.05, 4.69) is 10.4 Å². The zero-order valence-corrected chi connectivity index (χ0v) is 17.4. The summed E-state index contributed by atoms with van der Waals surface area (Å²) in [5.74, 6) is -2.18. The molecule has 2 aromatic carbocycles. The molecule has 9 heteroatoms. The number of nitrogens with one attached hydrogen (secondary N) is 1. The summed E-state index contributed by atoms with van der Waals surface area (Å²) in [7, 11) is 1.26. The quantitative estimate of drug-likeness (QED) is 0.597. The third-order valence-corrected chi connectivity index (χ3v) is 5.53. The van der Waals surface area contributed by atoms with E-state index >= 15 is 0 Å². The summed E-state index contributed by atoms with van der Waals surface area (Å²) >= 11 is 0. The Kier molecular flexibility index (Phi) is 6.27. The number of esters is 1. The lowest BCUT2D eigenvalue weighted by Crippen LogP contribution is -2.38. The van der Waals surface area contributed by atoms with Gasteiger partial charge in [0.15, 0.2) is 0 Å². The molecule has 1 aliphatic heterocycles. The van der Waals surface area contributed by atoms with E-state index in [-0.39, 0.29) is 37.0 Å². The second-order valence-electron chi connectivity index (χ2n) is 7.57. The van der Waals surface area contributed by atoms with E-state index in [1.165, 1.54) is 25.3 Å². The Hall–Kier alpha value is -3.59. The summed E-state index contributed by atoms with van der Waals surface area (Å²) in [4.78, 5) is 26.6. The van der Waals surface area contributed by atoms with Crippen molar-refractivity contribution >= 4 is 11.9 Å². The van der Waals surface area contributed by atoms with Crippen molar-refractivity contribution in [3.63, 3.8) is 0 Å². The third-order valence-electron chi connectivity index (χ3n) is 5.53. The first-order chi connectivity index (χ1) is 15.5. The molecule has 1 fully saturated rings. The zero-order chi connectivity index (χ0) is 22.7. The summed E-state index contributed by atoms with van der Waals surface area (Å²) in [6.07, 6.45) is 3.74. The number of hydrogen-bond donors (Lipinski definition) is 1. The number of aromatic nitrogens is 2. The van der Waals surface area contributed by atoms with Crippen LogP contribution in [0.1, 0.15) is 22.3 Å². The van der Waals surface area contributed by atoms with Crippen LogP contribution in [0.5, 0.6) is 0 Å². The van der Waals surface area contributed by atoms with Gasteiger partial charge in [0, 0.05) is 42.7 Å². The fourth-order valence-electron chi connectivity index (χ4n) is 3.91. The van der Waals surface area contributed by atoms with Gasteiger partial charge in [-0.15, -0.1) is 0 Å². The van der Waals surface area contributed by atoms with Crippen LogP contribution in [-0.4, -0.2) is 52.3 Å². The Morgan fingerprint density at radius 3 is 2.47 bits per heavy atom. The number of nitrogens with zero attached hydrogens (tertiary/aromatic N) is 3. The van der Waals surface area contributed by atoms with Gasteiger partial charge in [0.2, 0.25) is 0 Å². The van der Waals surface area contributed by atoms with Crippen molar-refractivity contribution in [1.82, 2.24) is 20.0 Å². The molecular weight excluding hydrogens is 418 g/mol. The molecule has 1 aliphatic rings. The van der Waals surface area contributed by atoms with Gasteiger partial charge in [0.05, 0.1) is 12.8 Å². The molecule has 0 spiro atoms. The normalized spacial score (nSPS) is 18.5. The highest BCUT2D eigenvalue weighted by atomic mass is 19.1. The highest BCUT2D eigenvalue weighted by Gasteiger charge is 2.38. The molecule has 2 atom stereocenters. The van der Waals surface area contributed by atoms with Crippen LogP contribution < -0.4 is 5.32 Å². The van der Waals surface area contributed by atoms with Crippen LogP contribution in [0, 0.1) is 11.6 Å². The highest BCUT2D eigenvalue weighted by Crippen LogP contribution is 2.24. The molecule has 2 heterocycles. The number of carbonyl (C=O) groups is 2. The van der Waals surface area contributed by atoms with E-state index in [1.807, 2.05) is 0 Å². The largest absolute Gasteiger partial charge is 0.468 e. The molecule has 0 saturated carbocycles. The Morgan fingerprint density at radius 2 is 1.84 bits per heavy atom. The molecule has 3 aromatic rings. The lowest BCUT2D eigenvalue weighted by atomic mass is 10.1. The molecule has 0 unspecified atom stereocenters. The van der Waals surface area contributed by atoms with Crippen LogP contribution in [0.2, 0.25) is 0 Å². The highest BCUT2D eigenvalue weighted by molar-refractivity contribution is 5.94. The molecule has 0 aliphatic carbocycles. The van der Waals surface area contributed by atoms with Gasteiger partial charge in [-0.3, -0.25) is 14.5 Å². The van der Waals surface area contributed by atoms with Crippen molar-refractivity contribution in [1.29, 1.82) is 0 Å². The summed E-state index contributed by atoms with van der Waals surface area (Å²) in [6, 6.07) is 11.3. The van der Waals surface area contributed by atoms with Crippen LogP contribution in [-0.2, 0) is 16.1 Å². The molecule has 1 amide bonds. The predicted octanol–water partition coefficient (Wildman–Crippen LogP) is 2.70. The SMILES string of the molecule is COC(=O)[C@@H]1C[C@H](NC(=O)c2ccc(-n3cccn3)cc2)CN1Cc1c(F)cccc1F. The van der Waals surface area contributed by atoms with Crippen molar-refractivity contribution < 1.29 is 23.1 Å². The van der Waals surface area contributed by atoms with Gasteiger partial charge in [-0.25, -0.2) is 13.5 Å². The Morgan fingerprint density at radius 1 is 1.12 bits per heavy atom. The smallest absolute Gasteiger partial charge is 0.323 e. The van der Waals surface area contributed by atoms with E-state index < -0.39 is 23.6 Å². The molecular formula is C23H22F2N4O3. The van der Waals surface area contributed by atoms with E-state index in [1.54, 1.807) is 52.3 Å². The fraction of sp³-hybridized carbons (Fsp3) is 0.261. The summed E-state index contributed by atoms with van der Waals surface area (Å²) < 4.78 is 34.8. The number of rotatable bonds is 6. The van der Waals surface area contributed by atoms with Gasteiger partial charge in [0.1, 0.15) is 17.7 Å². The van der Waals surface area contributed by atoms with Gasteiger partial charge >= 0.3 is 5.97 Å². The van der Waals surface area contributed by atoms with Gasteiger partial charge in [0.25, 0.3) is 5.91 Å². The lowest BCUT2D eigenvalue weighted by Gasteiger charge is -2.22. The number of amides is 1. The average Bonchev–Trinajstić information content (AvgIpc) is 3.46. The molecule has 166 valence electrons. The van der Waals surface area contributed by atoms with Crippen LogP contribution >= 0.6 is 0 Å². The first kappa shape index (κ1) is 21.6. The number of benzene rings is 2. The van der Waals surface area contributed by atoms with Crippen molar-refractivity contribution in [2.45, 2.75) is 25.0 Å². The zero-order valence-electron chi connectivity index (χ0n) is 17.4. The minimum atomic E-state index is -0.716. The summed E-state index contributed by atoms with van der Waals surface area (Å²) in [5.41, 5.74) is 1.15. The number of carbonyl (C=O) groups excluding carboxylic acids is 2. The average molecular weight is 440 g/mol. The van der Waals surface area contributed by atoms with E-state index in [9.17, 15) is 18.4 Å². The van der Waals surface area contributed by atoms with E-state index in [0.29, 0.717) is 5.56 Å². The van der Waals surface area contributed by atoms with Gasteiger partial charge in [-0.2, -0.15) is 5.10 Å². The van der Waals surface area contributed by atoms with Gasteiger partial charge in [-0.1, -0.05) is 6.07 Å². The number of ether oxygens (including phenoxy) is 1. The van der Waals surface area contributed by atoms with Gasteiger partial charge in [-0.05, 0) is 48.9 Å². The van der Waals surface area contributed by atoms with Crippen molar-refractivity contribution in [3.8, 4) is 5.69 Å². The minimum Gasteiger partial charge on any atom is -0.468 e. The Balaban J connectivity index is 1.45. The number of likely N-dealkylation sites (tertiary alicyclic amines) is 1. The third kappa shape index (κ3) is 4.52. The maximum atomic E-state index is 14.1. The predicted molar refractivity (Wildman–Crippen MR) is 112 cm³/mol. The van der Waals surface area contributed by atoms with Crippen molar-refractivity contribution in [2.24, 2.45) is 0 Å². The maximum absolute atomic E-state index is 14.1. The molecule has 1 N–H and O–H groups in total. The van der Waals surface area contributed by atoms with Crippen LogP contribution in [0.3, 0.4) is 0 Å². The molecule has 0 radical (unpaired) electrons. The van der Waals surface area contributed by atoms with Crippen molar-refractivity contribution in [3.05, 3.63) is 83.7 Å². The van der Waals surface area contributed by atoms with Crippen LogP contribution in [0.15, 0.2) is 60.9 Å². The maximum Gasteiger partial charge on any atom is 0.323 e. The summed E-state index contributed by atoms with van der Waals surface area (Å²) in [5, 5.41) is 7.05. The fourth-order valence-corrected chi connectivity index (χ4v) is 3.91. The second kappa shape index (κ2) is 9.27. The molecule has 0 bridgehead atoms. The first-order valence-electron chi connectivity index (χ1n) is 10.1. The summed E-state index contributed by atoms with van der Waals surface area (Å²) in [6.45, 7) is 0.147. The van der Waals surface area contributed by atoms with Crippen LogP contribution in [0.25, 0.3) is 5.69 Å². The molecule has 4 rings (SSSR count). The number of halogens is 2. The number of hydrogen-bond acceptors (Lipinski definition) is 5. The monoisotopic (exact) mass is 440 g/mol. The Bertz CT molecular complexity index is 1080. The molecule has 1 saturated heterocycles. The van der Waals surface area contributed by atoms with Crippen LogP contribution in [0.4, 0.5) is 8.78 Å². The lowest BCUT2D eigenvalue weighted by molar-refractivity contribution is -0.146. The minimum absolute atomic E-state index is 0.108. The number of methoxy groups -OCH3 is 1. The van der Waals surface area contributed by atoms with Crippen molar-refractivity contribution in [2.75, 3.05) is 13.7 Å². The molecule has 1 aromatic heterocycles.